The van der Waals surface area contributed by atoms with Gasteiger partial charge >= 0.3 is 6.03 Å². The molecule has 148 valence electrons. The lowest BCUT2D eigenvalue weighted by atomic mass is 9.99. The number of anilines is 3. The fourth-order valence-electron chi connectivity index (χ4n) is 4.57. The van der Waals surface area contributed by atoms with Gasteiger partial charge < -0.3 is 15.5 Å². The minimum absolute atomic E-state index is 0.221. The maximum absolute atomic E-state index is 12.9. The van der Waals surface area contributed by atoms with Crippen LogP contribution in [-0.4, -0.2) is 24.1 Å². The van der Waals surface area contributed by atoms with E-state index in [-0.39, 0.29) is 6.03 Å². The van der Waals surface area contributed by atoms with Crippen molar-refractivity contribution in [3.63, 3.8) is 0 Å². The first-order chi connectivity index (χ1) is 14.1. The van der Waals surface area contributed by atoms with E-state index in [1.54, 1.807) is 12.4 Å². The first kappa shape index (κ1) is 18.0. The number of nitrogens with one attached hydrogen (secondary N) is 2. The Kier molecular flexibility index (Phi) is 4.38. The van der Waals surface area contributed by atoms with E-state index < -0.39 is 0 Å². The largest absolute Gasteiger partial charge is 0.369 e. The molecule has 1 unspecified atom stereocenters. The molecule has 5 nitrogen and oxygen atoms in total. The van der Waals surface area contributed by atoms with Gasteiger partial charge in [0.2, 0.25) is 0 Å². The normalized spacial score (nSPS) is 20.0. The third-order valence-electron chi connectivity index (χ3n) is 6.16. The molecule has 1 aromatic heterocycles. The molecule has 2 N–H and O–H groups in total. The Bertz CT molecular complexity index is 1060. The van der Waals surface area contributed by atoms with Gasteiger partial charge in [0, 0.05) is 36.3 Å². The lowest BCUT2D eigenvalue weighted by molar-refractivity contribution is 0.262. The number of pyridine rings is 1. The van der Waals surface area contributed by atoms with Crippen LogP contribution in [0.2, 0.25) is 0 Å². The van der Waals surface area contributed by atoms with E-state index in [1.807, 2.05) is 36.4 Å². The van der Waals surface area contributed by atoms with E-state index in [1.165, 1.54) is 17.7 Å². The second-order valence-electron chi connectivity index (χ2n) is 8.54. The van der Waals surface area contributed by atoms with Crippen molar-refractivity contribution in [1.29, 1.82) is 0 Å². The molecule has 5 heteroatoms. The van der Waals surface area contributed by atoms with Gasteiger partial charge in [0.05, 0.1) is 17.1 Å². The fraction of sp³-hybridized carbons (Fsp3) is 0.333. The summed E-state index contributed by atoms with van der Waals surface area (Å²) >= 11 is 0. The maximum Gasteiger partial charge on any atom is 0.323 e. The zero-order valence-electron chi connectivity index (χ0n) is 16.9. The number of fused-ring (bicyclic) bond motifs is 2. The topological polar surface area (TPSA) is 57.3 Å². The fourth-order valence-corrected chi connectivity index (χ4v) is 4.57. The van der Waals surface area contributed by atoms with Crippen molar-refractivity contribution in [3.8, 4) is 0 Å². The summed E-state index contributed by atoms with van der Waals surface area (Å²) < 4.78 is 0. The average molecular weight is 386 g/mol. The molecular formula is C24H26N4O. The molecule has 2 fully saturated rings. The van der Waals surface area contributed by atoms with Gasteiger partial charge in [0.25, 0.3) is 0 Å². The molecule has 2 aliphatic rings. The van der Waals surface area contributed by atoms with Crippen molar-refractivity contribution in [2.75, 3.05) is 28.6 Å². The molecule has 0 spiro atoms. The SMILES string of the molecule is CC(C)c1cccc(NC(=O)Nc2cccc3cnccc23)c1N1CC2C[C@H]2C1. The molecule has 2 heterocycles. The second-order valence-corrected chi connectivity index (χ2v) is 8.54. The van der Waals surface area contributed by atoms with Gasteiger partial charge in [-0.1, -0.05) is 38.1 Å². The van der Waals surface area contributed by atoms with Crippen LogP contribution in [0.1, 0.15) is 31.7 Å². The van der Waals surface area contributed by atoms with Crippen molar-refractivity contribution in [1.82, 2.24) is 4.98 Å². The van der Waals surface area contributed by atoms with Gasteiger partial charge in [-0.15, -0.1) is 0 Å². The van der Waals surface area contributed by atoms with Gasteiger partial charge in [-0.05, 0) is 47.9 Å². The Balaban J connectivity index is 1.42. The van der Waals surface area contributed by atoms with Gasteiger partial charge in [0.15, 0.2) is 0 Å². The van der Waals surface area contributed by atoms with Crippen LogP contribution in [0.15, 0.2) is 54.9 Å². The zero-order valence-corrected chi connectivity index (χ0v) is 16.9. The first-order valence-corrected chi connectivity index (χ1v) is 10.4. The van der Waals surface area contributed by atoms with Crippen LogP contribution in [0.5, 0.6) is 0 Å². The molecule has 0 bridgehead atoms. The summed E-state index contributed by atoms with van der Waals surface area (Å²) in [5, 5.41) is 8.12. The highest BCUT2D eigenvalue weighted by Crippen LogP contribution is 2.49. The van der Waals surface area contributed by atoms with E-state index in [9.17, 15) is 4.79 Å². The molecule has 0 radical (unpaired) electrons. The molecule has 1 saturated carbocycles. The molecule has 1 aliphatic heterocycles. The third kappa shape index (κ3) is 3.41. The molecule has 2 amide bonds. The second kappa shape index (κ2) is 7.07. The summed E-state index contributed by atoms with van der Waals surface area (Å²) in [6, 6.07) is 13.8. The van der Waals surface area contributed by atoms with E-state index in [4.69, 9.17) is 0 Å². The average Bonchev–Trinajstić information content (AvgIpc) is 3.33. The number of hydrogen-bond donors (Lipinski definition) is 2. The van der Waals surface area contributed by atoms with Crippen LogP contribution in [0.4, 0.5) is 21.9 Å². The number of nitrogens with zero attached hydrogens (tertiary/aromatic N) is 2. The molecule has 2 aromatic carbocycles. The van der Waals surface area contributed by atoms with Gasteiger partial charge in [-0.2, -0.15) is 0 Å². The predicted octanol–water partition coefficient (Wildman–Crippen LogP) is 5.46. The van der Waals surface area contributed by atoms with Crippen LogP contribution in [0, 0.1) is 11.8 Å². The van der Waals surface area contributed by atoms with Crippen LogP contribution in [-0.2, 0) is 0 Å². The summed E-state index contributed by atoms with van der Waals surface area (Å²) in [5.74, 6) is 2.07. The van der Waals surface area contributed by atoms with Crippen molar-refractivity contribution in [3.05, 3.63) is 60.4 Å². The predicted molar refractivity (Wildman–Crippen MR) is 119 cm³/mol. The number of amides is 2. The Labute approximate surface area is 171 Å². The van der Waals surface area contributed by atoms with Crippen molar-refractivity contribution in [2.45, 2.75) is 26.2 Å². The first-order valence-electron chi connectivity index (χ1n) is 10.4. The number of carbonyl (C=O) groups is 1. The summed E-state index contributed by atoms with van der Waals surface area (Å²) in [4.78, 5) is 19.5. The standard InChI is InChI=1S/C24H26N4O/c1-15(2)19-6-4-8-22(23(19)28-13-17-11-18(17)14-28)27-24(29)26-21-7-3-5-16-12-25-10-9-20(16)21/h3-10,12,15,17-18H,11,13-14H2,1-2H3,(H2,26,27,29)/t17-,18?/m0/s1. The van der Waals surface area contributed by atoms with E-state index in [2.05, 4.69) is 40.4 Å². The third-order valence-corrected chi connectivity index (χ3v) is 6.16. The Morgan fingerprint density at radius 2 is 1.76 bits per heavy atom. The van der Waals surface area contributed by atoms with Crippen molar-refractivity contribution >= 4 is 33.9 Å². The summed E-state index contributed by atoms with van der Waals surface area (Å²) in [5.41, 5.74) is 4.15. The minimum Gasteiger partial charge on any atom is -0.369 e. The highest BCUT2D eigenvalue weighted by atomic mass is 16.2. The molecular weight excluding hydrogens is 360 g/mol. The number of rotatable bonds is 4. The number of benzene rings is 2. The number of carbonyl (C=O) groups excluding carboxylic acids is 1. The lowest BCUT2D eigenvalue weighted by Crippen LogP contribution is -2.27. The molecule has 5 rings (SSSR count). The van der Waals surface area contributed by atoms with Crippen LogP contribution in [0.25, 0.3) is 10.8 Å². The molecule has 1 saturated heterocycles. The smallest absolute Gasteiger partial charge is 0.323 e. The number of para-hydroxylation sites is 1. The molecule has 1 aliphatic carbocycles. The highest BCUT2D eigenvalue weighted by molar-refractivity contribution is 6.07. The Hall–Kier alpha value is -3.08. The quantitative estimate of drug-likeness (QED) is 0.626. The van der Waals surface area contributed by atoms with Crippen molar-refractivity contribution < 1.29 is 4.79 Å². The minimum atomic E-state index is -0.221. The number of piperidine rings is 1. The van der Waals surface area contributed by atoms with E-state index in [0.29, 0.717) is 5.92 Å². The number of hydrogen-bond acceptors (Lipinski definition) is 3. The summed E-state index contributed by atoms with van der Waals surface area (Å²) in [7, 11) is 0. The Morgan fingerprint density at radius 1 is 1.03 bits per heavy atom. The molecule has 29 heavy (non-hydrogen) atoms. The van der Waals surface area contributed by atoms with Crippen LogP contribution in [0.3, 0.4) is 0 Å². The lowest BCUT2D eigenvalue weighted by Gasteiger charge is -2.28. The van der Waals surface area contributed by atoms with Gasteiger partial charge in [-0.25, -0.2) is 4.79 Å². The Morgan fingerprint density at radius 3 is 2.55 bits per heavy atom. The van der Waals surface area contributed by atoms with Crippen LogP contribution < -0.4 is 15.5 Å². The van der Waals surface area contributed by atoms with Gasteiger partial charge in [0.1, 0.15) is 0 Å². The molecule has 3 aromatic rings. The summed E-state index contributed by atoms with van der Waals surface area (Å²) in [6.45, 7) is 6.62. The zero-order chi connectivity index (χ0) is 20.0. The monoisotopic (exact) mass is 386 g/mol. The summed E-state index contributed by atoms with van der Waals surface area (Å²) in [6.07, 6.45) is 4.91. The maximum atomic E-state index is 12.9. The number of aromatic nitrogens is 1. The van der Waals surface area contributed by atoms with E-state index >= 15 is 0 Å². The van der Waals surface area contributed by atoms with E-state index in [0.717, 1.165) is 47.1 Å². The highest BCUT2D eigenvalue weighted by Gasteiger charge is 2.46. The van der Waals surface area contributed by atoms with Crippen LogP contribution >= 0.6 is 0 Å². The number of urea groups is 1. The molecule has 2 atom stereocenters. The van der Waals surface area contributed by atoms with Gasteiger partial charge in [-0.3, -0.25) is 4.98 Å². The van der Waals surface area contributed by atoms with Crippen molar-refractivity contribution in [2.24, 2.45) is 11.8 Å².